The number of amides is 1. The van der Waals surface area contributed by atoms with Gasteiger partial charge in [0, 0.05) is 44.7 Å². The molecule has 1 aliphatic heterocycles. The molecule has 1 saturated heterocycles. The predicted molar refractivity (Wildman–Crippen MR) is 103 cm³/mol. The van der Waals surface area contributed by atoms with Crippen molar-refractivity contribution in [3.8, 4) is 0 Å². The van der Waals surface area contributed by atoms with Gasteiger partial charge in [-0.25, -0.2) is 4.99 Å². The Balaban J connectivity index is 0.00000400. The van der Waals surface area contributed by atoms with E-state index in [0.29, 0.717) is 11.2 Å². The van der Waals surface area contributed by atoms with Crippen LogP contribution in [0.2, 0.25) is 0 Å². The van der Waals surface area contributed by atoms with Gasteiger partial charge in [-0.05, 0) is 12.8 Å². The third-order valence-electron chi connectivity index (χ3n) is 3.33. The summed E-state index contributed by atoms with van der Waals surface area (Å²) in [4.78, 5) is 20.0. The molecule has 0 aromatic rings. The first-order chi connectivity index (χ1) is 9.45. The molecular formula is C14H29IN4OS. The minimum Gasteiger partial charge on any atom is -0.357 e. The number of halogens is 1. The van der Waals surface area contributed by atoms with E-state index in [0.717, 1.165) is 31.3 Å². The number of rotatable bonds is 4. The molecule has 1 fully saturated rings. The molecule has 7 heteroatoms. The smallest absolute Gasteiger partial charge is 0.243 e. The highest BCUT2D eigenvalue weighted by Crippen LogP contribution is 2.24. The summed E-state index contributed by atoms with van der Waals surface area (Å²) < 4.78 is 0. The van der Waals surface area contributed by atoms with Gasteiger partial charge in [-0.15, -0.1) is 24.0 Å². The zero-order chi connectivity index (χ0) is 15.1. The van der Waals surface area contributed by atoms with Gasteiger partial charge in [-0.2, -0.15) is 11.8 Å². The second-order valence-corrected chi connectivity index (χ2v) is 6.90. The summed E-state index contributed by atoms with van der Waals surface area (Å²) in [5.74, 6) is 2.68. The second kappa shape index (κ2) is 10.5. The van der Waals surface area contributed by atoms with Crippen LogP contribution in [0.5, 0.6) is 0 Å². The maximum Gasteiger partial charge on any atom is 0.243 e. The quantitative estimate of drug-likeness (QED) is 0.421. The molecule has 0 radical (unpaired) electrons. The molecule has 5 nitrogen and oxygen atoms in total. The highest BCUT2D eigenvalue weighted by Gasteiger charge is 2.24. The fraction of sp³-hybridized carbons (Fsp3) is 0.857. The molecule has 1 atom stereocenters. The highest BCUT2D eigenvalue weighted by atomic mass is 127. The van der Waals surface area contributed by atoms with Crippen molar-refractivity contribution < 1.29 is 4.79 Å². The van der Waals surface area contributed by atoms with Crippen LogP contribution in [0.25, 0.3) is 0 Å². The first kappa shape index (κ1) is 20.8. The van der Waals surface area contributed by atoms with Gasteiger partial charge in [-0.3, -0.25) is 4.79 Å². The molecule has 1 N–H and O–H groups in total. The zero-order valence-electron chi connectivity index (χ0n) is 13.8. The van der Waals surface area contributed by atoms with E-state index >= 15 is 0 Å². The molecule has 0 saturated carbocycles. The summed E-state index contributed by atoms with van der Waals surface area (Å²) in [5, 5.41) is 3.94. The van der Waals surface area contributed by atoms with E-state index in [9.17, 15) is 4.79 Å². The van der Waals surface area contributed by atoms with Gasteiger partial charge in [0.15, 0.2) is 5.96 Å². The summed E-state index contributed by atoms with van der Waals surface area (Å²) in [6, 6.07) is 0. The Hall–Kier alpha value is -0.180. The number of likely N-dealkylation sites (N-methyl/N-ethyl adjacent to an activating group) is 1. The Morgan fingerprint density at radius 3 is 2.67 bits per heavy atom. The van der Waals surface area contributed by atoms with Crippen molar-refractivity contribution in [2.45, 2.75) is 26.0 Å². The molecule has 0 bridgehead atoms. The molecule has 0 aromatic carbocycles. The maximum absolute atomic E-state index is 11.7. The Kier molecular flexibility index (Phi) is 10.4. The van der Waals surface area contributed by atoms with Gasteiger partial charge in [0.1, 0.15) is 6.54 Å². The van der Waals surface area contributed by atoms with Crippen LogP contribution in [0.15, 0.2) is 4.99 Å². The van der Waals surface area contributed by atoms with E-state index in [4.69, 9.17) is 0 Å². The maximum atomic E-state index is 11.7. The topological polar surface area (TPSA) is 47.9 Å². The van der Waals surface area contributed by atoms with Crippen molar-refractivity contribution >= 4 is 47.6 Å². The summed E-state index contributed by atoms with van der Waals surface area (Å²) in [5.41, 5.74) is 0. The lowest BCUT2D eigenvalue weighted by Gasteiger charge is -2.36. The van der Waals surface area contributed by atoms with E-state index < -0.39 is 0 Å². The molecule has 1 aliphatic rings. The van der Waals surface area contributed by atoms with Crippen molar-refractivity contribution in [2.75, 3.05) is 46.0 Å². The number of carbonyl (C=O) groups excluding carboxylic acids is 1. The molecule has 0 spiro atoms. The van der Waals surface area contributed by atoms with Gasteiger partial charge in [0.2, 0.25) is 5.91 Å². The Morgan fingerprint density at radius 2 is 2.14 bits per heavy atom. The van der Waals surface area contributed by atoms with Crippen LogP contribution in [0.4, 0.5) is 0 Å². The number of nitrogens with zero attached hydrogens (tertiary/aromatic N) is 3. The number of thioether (sulfide) groups is 1. The predicted octanol–water partition coefficient (Wildman–Crippen LogP) is 1.73. The van der Waals surface area contributed by atoms with E-state index in [1.807, 2.05) is 11.8 Å². The van der Waals surface area contributed by atoms with Crippen molar-refractivity contribution in [1.29, 1.82) is 0 Å². The zero-order valence-corrected chi connectivity index (χ0v) is 16.9. The lowest BCUT2D eigenvalue weighted by Crippen LogP contribution is -2.49. The van der Waals surface area contributed by atoms with Gasteiger partial charge < -0.3 is 15.1 Å². The fourth-order valence-corrected chi connectivity index (χ4v) is 3.28. The lowest BCUT2D eigenvalue weighted by atomic mass is 10.1. The SMILES string of the molecule is CCNC(=NCC(=O)N(C)C)N1CCSC(C(C)C)C1.I. The number of aliphatic imine (C=N–C) groups is 1. The minimum absolute atomic E-state index is 0. The third-order valence-corrected chi connectivity index (χ3v) is 4.87. The van der Waals surface area contributed by atoms with Crippen molar-refractivity contribution in [3.63, 3.8) is 0 Å². The molecule has 0 aliphatic carbocycles. The average Bonchev–Trinajstić information content (AvgIpc) is 2.43. The molecule has 1 amide bonds. The standard InChI is InChI=1S/C14H28N4OS.HI/c1-6-15-14(16-9-13(19)17(4)5)18-7-8-20-12(10-18)11(2)3;/h11-12H,6-10H2,1-5H3,(H,15,16);1H. The molecule has 0 aromatic heterocycles. The van der Waals surface area contributed by atoms with Gasteiger partial charge >= 0.3 is 0 Å². The third kappa shape index (κ3) is 7.08. The number of hydrogen-bond acceptors (Lipinski definition) is 3. The van der Waals surface area contributed by atoms with Gasteiger partial charge in [0.05, 0.1) is 0 Å². The van der Waals surface area contributed by atoms with E-state index in [1.54, 1.807) is 19.0 Å². The van der Waals surface area contributed by atoms with Crippen molar-refractivity contribution in [2.24, 2.45) is 10.9 Å². The molecule has 1 heterocycles. The van der Waals surface area contributed by atoms with Crippen molar-refractivity contribution in [3.05, 3.63) is 0 Å². The average molecular weight is 428 g/mol. The Bertz CT molecular complexity index is 350. The van der Waals surface area contributed by atoms with E-state index in [-0.39, 0.29) is 36.4 Å². The number of nitrogens with one attached hydrogen (secondary N) is 1. The first-order valence-corrected chi connectivity index (χ1v) is 8.35. The summed E-state index contributed by atoms with van der Waals surface area (Å²) in [6.45, 7) is 9.63. The highest BCUT2D eigenvalue weighted by molar-refractivity contribution is 14.0. The van der Waals surface area contributed by atoms with Crippen LogP contribution in [0.3, 0.4) is 0 Å². The summed E-state index contributed by atoms with van der Waals surface area (Å²) in [7, 11) is 3.52. The lowest BCUT2D eigenvalue weighted by molar-refractivity contribution is -0.127. The van der Waals surface area contributed by atoms with Crippen LogP contribution in [-0.2, 0) is 4.79 Å². The molecule has 1 unspecified atom stereocenters. The molecule has 21 heavy (non-hydrogen) atoms. The van der Waals surface area contributed by atoms with Gasteiger partial charge in [-0.1, -0.05) is 13.8 Å². The van der Waals surface area contributed by atoms with Crippen molar-refractivity contribution in [1.82, 2.24) is 15.1 Å². The number of hydrogen-bond donors (Lipinski definition) is 1. The number of guanidine groups is 1. The largest absolute Gasteiger partial charge is 0.357 e. The normalized spacial score (nSPS) is 19.2. The van der Waals surface area contributed by atoms with Crippen LogP contribution in [-0.4, -0.2) is 72.9 Å². The summed E-state index contributed by atoms with van der Waals surface area (Å²) >= 11 is 2.04. The van der Waals surface area contributed by atoms with Crippen LogP contribution in [0, 0.1) is 5.92 Å². The van der Waals surface area contributed by atoms with Crippen LogP contribution < -0.4 is 5.32 Å². The Morgan fingerprint density at radius 1 is 1.48 bits per heavy atom. The molecular weight excluding hydrogens is 399 g/mol. The van der Waals surface area contributed by atoms with E-state index in [1.165, 1.54) is 0 Å². The molecule has 1 rings (SSSR count). The number of carbonyl (C=O) groups is 1. The fourth-order valence-electron chi connectivity index (χ4n) is 1.98. The van der Waals surface area contributed by atoms with Gasteiger partial charge in [0.25, 0.3) is 0 Å². The minimum atomic E-state index is 0. The molecule has 124 valence electrons. The van der Waals surface area contributed by atoms with Crippen LogP contribution >= 0.6 is 35.7 Å². The Labute approximate surface area is 150 Å². The first-order valence-electron chi connectivity index (χ1n) is 7.30. The monoisotopic (exact) mass is 428 g/mol. The van der Waals surface area contributed by atoms with E-state index in [2.05, 4.69) is 36.0 Å². The second-order valence-electron chi connectivity index (χ2n) is 5.56. The summed E-state index contributed by atoms with van der Waals surface area (Å²) in [6.07, 6.45) is 0. The van der Waals surface area contributed by atoms with Crippen LogP contribution in [0.1, 0.15) is 20.8 Å².